The smallest absolute Gasteiger partial charge is 0.361 e. The second-order valence-electron chi connectivity index (χ2n) is 5.98. The Morgan fingerprint density at radius 3 is 2.84 bits per heavy atom. The Morgan fingerprint density at radius 1 is 1.28 bits per heavy atom. The molecule has 1 aliphatic rings. The van der Waals surface area contributed by atoms with Gasteiger partial charge in [0.1, 0.15) is 0 Å². The summed E-state index contributed by atoms with van der Waals surface area (Å²) in [5.41, 5.74) is 1.51. The number of anilines is 1. The molecule has 2 aromatic rings. The monoisotopic (exact) mass is 342 g/mol. The summed E-state index contributed by atoms with van der Waals surface area (Å²) in [6.07, 6.45) is 1.32. The maximum absolute atomic E-state index is 12.3. The highest BCUT2D eigenvalue weighted by Gasteiger charge is 2.28. The standard InChI is InChI=1S/C18H22N4O3/c1-3-15(23)22-10-9-12(11-22)19-16-13-7-5-6-8-14(13)20-21-17(16)18(24)25-4-2/h5-8,12H,3-4,9-11H2,1-2H3,(H,19,20). The number of ether oxygens (including phenoxy) is 1. The molecule has 0 aliphatic carbocycles. The van der Waals surface area contributed by atoms with Gasteiger partial charge in [0, 0.05) is 30.9 Å². The molecule has 0 spiro atoms. The summed E-state index contributed by atoms with van der Waals surface area (Å²) in [5.74, 6) is -0.352. The van der Waals surface area contributed by atoms with Gasteiger partial charge < -0.3 is 15.0 Å². The Morgan fingerprint density at radius 2 is 2.08 bits per heavy atom. The van der Waals surface area contributed by atoms with Crippen molar-refractivity contribution in [1.29, 1.82) is 0 Å². The second kappa shape index (κ2) is 7.46. The van der Waals surface area contributed by atoms with Crippen LogP contribution in [-0.4, -0.2) is 52.7 Å². The van der Waals surface area contributed by atoms with Gasteiger partial charge in [0.15, 0.2) is 5.69 Å². The van der Waals surface area contributed by atoms with Gasteiger partial charge in [-0.15, -0.1) is 10.2 Å². The van der Waals surface area contributed by atoms with E-state index in [9.17, 15) is 9.59 Å². The third-order valence-corrected chi connectivity index (χ3v) is 4.33. The average molecular weight is 342 g/mol. The lowest BCUT2D eigenvalue weighted by Crippen LogP contribution is -2.31. The van der Waals surface area contributed by atoms with E-state index in [0.717, 1.165) is 18.4 Å². The number of esters is 1. The molecule has 1 saturated heterocycles. The molecule has 1 aromatic carbocycles. The molecule has 7 heteroatoms. The van der Waals surface area contributed by atoms with E-state index in [1.807, 2.05) is 36.1 Å². The predicted molar refractivity (Wildman–Crippen MR) is 94.4 cm³/mol. The molecule has 0 saturated carbocycles. The van der Waals surface area contributed by atoms with E-state index in [4.69, 9.17) is 4.74 Å². The van der Waals surface area contributed by atoms with E-state index in [2.05, 4.69) is 15.5 Å². The molecule has 1 amide bonds. The number of hydrogen-bond donors (Lipinski definition) is 1. The largest absolute Gasteiger partial charge is 0.461 e. The van der Waals surface area contributed by atoms with Crippen LogP contribution in [0.25, 0.3) is 10.9 Å². The van der Waals surface area contributed by atoms with Gasteiger partial charge in [-0.25, -0.2) is 4.79 Å². The average Bonchev–Trinajstić information content (AvgIpc) is 3.10. The normalized spacial score (nSPS) is 16.9. The number of likely N-dealkylation sites (tertiary alicyclic amines) is 1. The first-order chi connectivity index (χ1) is 12.1. The number of nitrogens with one attached hydrogen (secondary N) is 1. The van der Waals surface area contributed by atoms with Crippen molar-refractivity contribution in [2.24, 2.45) is 0 Å². The Kier molecular flexibility index (Phi) is 5.11. The van der Waals surface area contributed by atoms with Gasteiger partial charge in [-0.2, -0.15) is 0 Å². The lowest BCUT2D eigenvalue weighted by Gasteiger charge is -2.19. The Balaban J connectivity index is 1.92. The highest BCUT2D eigenvalue weighted by Crippen LogP contribution is 2.27. The van der Waals surface area contributed by atoms with E-state index in [1.54, 1.807) is 6.92 Å². The van der Waals surface area contributed by atoms with E-state index in [-0.39, 0.29) is 24.2 Å². The third-order valence-electron chi connectivity index (χ3n) is 4.33. The number of fused-ring (bicyclic) bond motifs is 1. The number of nitrogens with zero attached hydrogens (tertiary/aromatic N) is 3. The third kappa shape index (κ3) is 3.55. The van der Waals surface area contributed by atoms with Crippen LogP contribution < -0.4 is 5.32 Å². The topological polar surface area (TPSA) is 84.4 Å². The summed E-state index contributed by atoms with van der Waals surface area (Å²) in [6.45, 7) is 5.23. The van der Waals surface area contributed by atoms with Crippen LogP contribution in [0.2, 0.25) is 0 Å². The molecule has 1 atom stereocenters. The lowest BCUT2D eigenvalue weighted by atomic mass is 10.1. The predicted octanol–water partition coefficient (Wildman–Crippen LogP) is 2.23. The number of carbonyl (C=O) groups is 2. The van der Waals surface area contributed by atoms with E-state index < -0.39 is 5.97 Å². The summed E-state index contributed by atoms with van der Waals surface area (Å²) in [6, 6.07) is 7.59. The summed E-state index contributed by atoms with van der Waals surface area (Å²) in [5, 5.41) is 12.4. The van der Waals surface area contributed by atoms with Crippen LogP contribution >= 0.6 is 0 Å². The molecule has 2 heterocycles. The van der Waals surface area contributed by atoms with Gasteiger partial charge in [0.2, 0.25) is 5.91 Å². The van der Waals surface area contributed by atoms with Crippen LogP contribution in [0.5, 0.6) is 0 Å². The minimum absolute atomic E-state index is 0.0660. The van der Waals surface area contributed by atoms with Crippen molar-refractivity contribution >= 4 is 28.5 Å². The minimum atomic E-state index is -0.497. The second-order valence-corrected chi connectivity index (χ2v) is 5.98. The molecular formula is C18H22N4O3. The molecule has 132 valence electrons. The Labute approximate surface area is 146 Å². The van der Waals surface area contributed by atoms with Crippen molar-refractivity contribution in [3.8, 4) is 0 Å². The fourth-order valence-corrected chi connectivity index (χ4v) is 3.07. The quantitative estimate of drug-likeness (QED) is 0.839. The molecule has 1 N–H and O–H groups in total. The lowest BCUT2D eigenvalue weighted by molar-refractivity contribution is -0.129. The van der Waals surface area contributed by atoms with E-state index >= 15 is 0 Å². The van der Waals surface area contributed by atoms with Crippen molar-refractivity contribution in [3.05, 3.63) is 30.0 Å². The zero-order chi connectivity index (χ0) is 17.8. The van der Waals surface area contributed by atoms with Gasteiger partial charge in [-0.1, -0.05) is 25.1 Å². The Hall–Kier alpha value is -2.70. The maximum Gasteiger partial charge on any atom is 0.361 e. The van der Waals surface area contributed by atoms with Crippen LogP contribution in [0.15, 0.2) is 24.3 Å². The van der Waals surface area contributed by atoms with Crippen molar-refractivity contribution in [2.45, 2.75) is 32.7 Å². The van der Waals surface area contributed by atoms with Crippen molar-refractivity contribution in [3.63, 3.8) is 0 Å². The minimum Gasteiger partial charge on any atom is -0.461 e. The number of amides is 1. The summed E-state index contributed by atoms with van der Waals surface area (Å²) < 4.78 is 5.11. The molecule has 0 radical (unpaired) electrons. The van der Waals surface area contributed by atoms with Gasteiger partial charge in [-0.05, 0) is 19.4 Å². The number of carbonyl (C=O) groups excluding carboxylic acids is 2. The van der Waals surface area contributed by atoms with Crippen LogP contribution in [-0.2, 0) is 9.53 Å². The van der Waals surface area contributed by atoms with Crippen molar-refractivity contribution in [1.82, 2.24) is 15.1 Å². The SMILES string of the molecule is CCOC(=O)c1nnc2ccccc2c1NC1CCN(C(=O)CC)C1. The van der Waals surface area contributed by atoms with Gasteiger partial charge in [0.25, 0.3) is 0 Å². The first kappa shape index (κ1) is 17.1. The summed E-state index contributed by atoms with van der Waals surface area (Å²) >= 11 is 0. The molecule has 7 nitrogen and oxygen atoms in total. The highest BCUT2D eigenvalue weighted by molar-refractivity contribution is 6.03. The van der Waals surface area contributed by atoms with Crippen LogP contribution in [0, 0.1) is 0 Å². The molecule has 3 rings (SSSR count). The zero-order valence-electron chi connectivity index (χ0n) is 14.5. The number of hydrogen-bond acceptors (Lipinski definition) is 6. The summed E-state index contributed by atoms with van der Waals surface area (Å²) in [7, 11) is 0. The van der Waals surface area contributed by atoms with Gasteiger partial charge in [-0.3, -0.25) is 4.79 Å². The van der Waals surface area contributed by atoms with Gasteiger partial charge >= 0.3 is 5.97 Å². The van der Waals surface area contributed by atoms with Crippen LogP contribution in [0.3, 0.4) is 0 Å². The number of benzene rings is 1. The molecule has 25 heavy (non-hydrogen) atoms. The molecule has 1 unspecified atom stereocenters. The fourth-order valence-electron chi connectivity index (χ4n) is 3.07. The van der Waals surface area contributed by atoms with E-state index in [1.165, 1.54) is 0 Å². The van der Waals surface area contributed by atoms with E-state index in [0.29, 0.717) is 24.2 Å². The van der Waals surface area contributed by atoms with Crippen LogP contribution in [0.1, 0.15) is 37.2 Å². The summed E-state index contributed by atoms with van der Waals surface area (Å²) in [4.78, 5) is 26.0. The first-order valence-electron chi connectivity index (χ1n) is 8.60. The molecule has 1 aliphatic heterocycles. The van der Waals surface area contributed by atoms with Crippen molar-refractivity contribution < 1.29 is 14.3 Å². The Bertz CT molecular complexity index is 793. The zero-order valence-corrected chi connectivity index (χ0v) is 14.5. The number of rotatable bonds is 5. The molecule has 1 aromatic heterocycles. The molecular weight excluding hydrogens is 320 g/mol. The van der Waals surface area contributed by atoms with Crippen molar-refractivity contribution in [2.75, 3.05) is 25.0 Å². The maximum atomic E-state index is 12.3. The van der Waals surface area contributed by atoms with Crippen LogP contribution in [0.4, 0.5) is 5.69 Å². The molecule has 0 bridgehead atoms. The highest BCUT2D eigenvalue weighted by atomic mass is 16.5. The first-order valence-corrected chi connectivity index (χ1v) is 8.60. The fraction of sp³-hybridized carbons (Fsp3) is 0.444. The van der Waals surface area contributed by atoms with Gasteiger partial charge in [0.05, 0.1) is 17.8 Å². The number of aromatic nitrogens is 2. The molecule has 1 fully saturated rings.